The second-order valence-corrected chi connectivity index (χ2v) is 3.38. The molecule has 6 heteroatoms. The van der Waals surface area contributed by atoms with Gasteiger partial charge >= 0.3 is 0 Å². The number of aliphatic hydroxyl groups excluding tert-OH is 1. The highest BCUT2D eigenvalue weighted by atomic mass is 19.3. The maximum Gasteiger partial charge on any atom is 0.292 e. The van der Waals surface area contributed by atoms with Crippen LogP contribution in [0.3, 0.4) is 0 Å². The minimum atomic E-state index is -3.03. The lowest BCUT2D eigenvalue weighted by atomic mass is 10.2. The summed E-state index contributed by atoms with van der Waals surface area (Å²) in [7, 11) is 1.18. The first-order chi connectivity index (χ1) is 6.38. The molecule has 1 aliphatic rings. The number of hydrogen-bond acceptors (Lipinski definition) is 3. The summed E-state index contributed by atoms with van der Waals surface area (Å²) in [5.41, 5.74) is 0. The van der Waals surface area contributed by atoms with E-state index in [1.807, 2.05) is 0 Å². The Balaban J connectivity index is 2.67. The Morgan fingerprint density at radius 1 is 1.71 bits per heavy atom. The van der Waals surface area contributed by atoms with Crippen molar-refractivity contribution in [1.29, 1.82) is 0 Å². The Bertz CT molecular complexity index is 233. The number of aliphatic hydroxyl groups is 1. The van der Waals surface area contributed by atoms with Gasteiger partial charge in [-0.1, -0.05) is 0 Å². The number of alkyl halides is 2. The molecule has 1 rings (SSSR count). The Hall–Kier alpha value is -0.750. The van der Waals surface area contributed by atoms with Gasteiger partial charge < -0.3 is 14.7 Å². The summed E-state index contributed by atoms with van der Waals surface area (Å²) in [5, 5.41) is 8.93. The van der Waals surface area contributed by atoms with Crippen LogP contribution >= 0.6 is 0 Å². The van der Waals surface area contributed by atoms with E-state index in [2.05, 4.69) is 4.74 Å². The molecule has 0 saturated carbocycles. The minimum absolute atomic E-state index is 0.173. The van der Waals surface area contributed by atoms with E-state index in [-0.39, 0.29) is 6.54 Å². The maximum absolute atomic E-state index is 13.1. The molecule has 1 saturated heterocycles. The predicted octanol–water partition coefficient (Wildman–Crippen LogP) is -0.140. The molecule has 0 spiro atoms. The second-order valence-electron chi connectivity index (χ2n) is 3.38. The fourth-order valence-corrected chi connectivity index (χ4v) is 1.43. The summed E-state index contributed by atoms with van der Waals surface area (Å²) in [6.45, 7) is 0.392. The van der Waals surface area contributed by atoms with Crippen LogP contribution in [-0.2, 0) is 9.53 Å². The van der Waals surface area contributed by atoms with Gasteiger partial charge in [-0.3, -0.25) is 4.79 Å². The number of carbonyl (C=O) groups excluding carboxylic acids is 1. The summed E-state index contributed by atoms with van der Waals surface area (Å²) in [4.78, 5) is 12.1. The molecule has 1 amide bonds. The van der Waals surface area contributed by atoms with E-state index in [1.54, 1.807) is 0 Å². The third-order valence-electron chi connectivity index (χ3n) is 2.21. The van der Waals surface area contributed by atoms with Crippen molar-refractivity contribution in [2.75, 3.05) is 20.2 Å². The molecule has 0 aliphatic carbocycles. The van der Waals surface area contributed by atoms with Gasteiger partial charge in [0.1, 0.15) is 12.2 Å². The zero-order valence-electron chi connectivity index (χ0n) is 8.04. The number of ether oxygens (including phenoxy) is 1. The van der Waals surface area contributed by atoms with Crippen LogP contribution in [0.5, 0.6) is 0 Å². The van der Waals surface area contributed by atoms with Crippen molar-refractivity contribution in [2.24, 2.45) is 0 Å². The molecule has 14 heavy (non-hydrogen) atoms. The van der Waals surface area contributed by atoms with Crippen LogP contribution in [-0.4, -0.2) is 54.2 Å². The molecular weight excluding hydrogens is 196 g/mol. The van der Waals surface area contributed by atoms with Gasteiger partial charge in [0.2, 0.25) is 0 Å². The predicted molar refractivity (Wildman–Crippen MR) is 44.0 cm³/mol. The van der Waals surface area contributed by atoms with Gasteiger partial charge in [0.25, 0.3) is 11.8 Å². The molecule has 0 aromatic heterocycles. The Kier molecular flexibility index (Phi) is 3.06. The van der Waals surface area contributed by atoms with Gasteiger partial charge in [0.15, 0.2) is 0 Å². The molecule has 0 bridgehead atoms. The monoisotopic (exact) mass is 209 g/mol. The van der Waals surface area contributed by atoms with Crippen molar-refractivity contribution in [3.05, 3.63) is 0 Å². The van der Waals surface area contributed by atoms with Crippen molar-refractivity contribution in [1.82, 2.24) is 4.90 Å². The van der Waals surface area contributed by atoms with Crippen molar-refractivity contribution in [2.45, 2.75) is 25.1 Å². The molecule has 1 aliphatic heterocycles. The minimum Gasteiger partial charge on any atom is -0.384 e. The highest BCUT2D eigenvalue weighted by molar-refractivity contribution is 5.80. The Morgan fingerprint density at radius 2 is 2.29 bits per heavy atom. The SMILES string of the molecule is COC1CN(C(=O)[C@H](C)O)CC1(F)F. The van der Waals surface area contributed by atoms with Crippen LogP contribution in [0.2, 0.25) is 0 Å². The van der Waals surface area contributed by atoms with Gasteiger partial charge in [-0.05, 0) is 6.92 Å². The number of halogens is 2. The van der Waals surface area contributed by atoms with Crippen molar-refractivity contribution in [3.8, 4) is 0 Å². The van der Waals surface area contributed by atoms with Crippen LogP contribution in [0.15, 0.2) is 0 Å². The Labute approximate surface area is 80.4 Å². The molecule has 0 aromatic carbocycles. The lowest BCUT2D eigenvalue weighted by Gasteiger charge is -2.16. The van der Waals surface area contributed by atoms with E-state index in [0.29, 0.717) is 0 Å². The molecular formula is C8H13F2NO3. The third kappa shape index (κ3) is 2.01. The molecule has 4 nitrogen and oxygen atoms in total. The van der Waals surface area contributed by atoms with Crippen LogP contribution in [0.1, 0.15) is 6.92 Å². The van der Waals surface area contributed by atoms with E-state index in [0.717, 1.165) is 4.90 Å². The fourth-order valence-electron chi connectivity index (χ4n) is 1.43. The molecule has 0 aromatic rings. The third-order valence-corrected chi connectivity index (χ3v) is 2.21. The normalized spacial score (nSPS) is 27.8. The van der Waals surface area contributed by atoms with E-state index in [9.17, 15) is 13.6 Å². The van der Waals surface area contributed by atoms with Gasteiger partial charge in [0, 0.05) is 7.11 Å². The van der Waals surface area contributed by atoms with Crippen LogP contribution in [0.25, 0.3) is 0 Å². The topological polar surface area (TPSA) is 49.8 Å². The summed E-state index contributed by atoms with van der Waals surface area (Å²) < 4.78 is 30.7. The number of amides is 1. The zero-order valence-corrected chi connectivity index (χ0v) is 8.04. The Morgan fingerprint density at radius 3 is 2.64 bits per heavy atom. The van der Waals surface area contributed by atoms with E-state index < -0.39 is 30.6 Å². The maximum atomic E-state index is 13.1. The van der Waals surface area contributed by atoms with Crippen molar-refractivity contribution < 1.29 is 23.4 Å². The molecule has 1 fully saturated rings. The zero-order chi connectivity index (χ0) is 10.9. The first-order valence-electron chi connectivity index (χ1n) is 4.26. The van der Waals surface area contributed by atoms with Gasteiger partial charge in [-0.25, -0.2) is 8.78 Å². The number of hydrogen-bond donors (Lipinski definition) is 1. The second kappa shape index (κ2) is 3.78. The number of carbonyl (C=O) groups is 1. The summed E-state index contributed by atoms with van der Waals surface area (Å²) >= 11 is 0. The molecule has 82 valence electrons. The van der Waals surface area contributed by atoms with Crippen molar-refractivity contribution in [3.63, 3.8) is 0 Å². The van der Waals surface area contributed by atoms with E-state index in [1.165, 1.54) is 14.0 Å². The van der Waals surface area contributed by atoms with Crippen LogP contribution in [0.4, 0.5) is 8.78 Å². The van der Waals surface area contributed by atoms with E-state index >= 15 is 0 Å². The van der Waals surface area contributed by atoms with Crippen molar-refractivity contribution >= 4 is 5.91 Å². The number of methoxy groups -OCH3 is 1. The van der Waals surface area contributed by atoms with E-state index in [4.69, 9.17) is 5.11 Å². The number of rotatable bonds is 2. The highest BCUT2D eigenvalue weighted by Gasteiger charge is 2.50. The standard InChI is InChI=1S/C8H13F2NO3/c1-5(12)7(13)11-3-6(14-2)8(9,10)4-11/h5-6,12H,3-4H2,1-2H3/t5-,6?/m0/s1. The first kappa shape index (κ1) is 11.3. The summed E-state index contributed by atoms with van der Waals surface area (Å²) in [6.07, 6.45) is -2.52. The van der Waals surface area contributed by atoms with Crippen LogP contribution < -0.4 is 0 Å². The quantitative estimate of drug-likeness (QED) is 0.688. The summed E-state index contributed by atoms with van der Waals surface area (Å²) in [6, 6.07) is 0. The largest absolute Gasteiger partial charge is 0.384 e. The lowest BCUT2D eigenvalue weighted by molar-refractivity contribution is -0.139. The molecule has 1 heterocycles. The number of nitrogens with zero attached hydrogens (tertiary/aromatic N) is 1. The summed E-state index contributed by atoms with van der Waals surface area (Å²) in [5.74, 6) is -3.72. The number of likely N-dealkylation sites (tertiary alicyclic amines) is 1. The fraction of sp³-hybridized carbons (Fsp3) is 0.875. The average Bonchev–Trinajstić information content (AvgIpc) is 2.39. The smallest absolute Gasteiger partial charge is 0.292 e. The van der Waals surface area contributed by atoms with Gasteiger partial charge in [0.05, 0.1) is 13.1 Å². The molecule has 1 N–H and O–H groups in total. The molecule has 1 unspecified atom stereocenters. The molecule has 0 radical (unpaired) electrons. The van der Waals surface area contributed by atoms with Gasteiger partial charge in [-0.2, -0.15) is 0 Å². The van der Waals surface area contributed by atoms with Gasteiger partial charge in [-0.15, -0.1) is 0 Å². The molecule has 2 atom stereocenters. The lowest BCUT2D eigenvalue weighted by Crippen LogP contribution is -2.37. The highest BCUT2D eigenvalue weighted by Crippen LogP contribution is 2.29. The van der Waals surface area contributed by atoms with Crippen LogP contribution in [0, 0.1) is 0 Å². The average molecular weight is 209 g/mol. The first-order valence-corrected chi connectivity index (χ1v) is 4.26.